The molecule has 0 amide bonds. The van der Waals surface area contributed by atoms with Gasteiger partial charge >= 0.3 is 12.1 Å². The van der Waals surface area contributed by atoms with Crippen LogP contribution in [0.5, 0.6) is 0 Å². The van der Waals surface area contributed by atoms with Crippen LogP contribution in [0.3, 0.4) is 0 Å². The topological polar surface area (TPSA) is 50.2 Å². The second-order valence-electron chi connectivity index (χ2n) is 3.08. The number of aryl methyl sites for hydroxylation is 1. The van der Waals surface area contributed by atoms with Gasteiger partial charge in [0.2, 0.25) is 0 Å². The fourth-order valence-electron chi connectivity index (χ4n) is 1.12. The predicted molar refractivity (Wildman–Crippen MR) is 50.6 cm³/mol. The van der Waals surface area contributed by atoms with Gasteiger partial charge in [0.1, 0.15) is 0 Å². The molecular weight excluding hydrogens is 223 g/mol. The monoisotopic (exact) mass is 231 g/mol. The van der Waals surface area contributed by atoms with Crippen LogP contribution in [-0.2, 0) is 11.0 Å². The molecule has 0 fully saturated rings. The molecule has 1 heterocycles. The summed E-state index contributed by atoms with van der Waals surface area (Å²) in [5, 5.41) is 8.35. The van der Waals surface area contributed by atoms with Crippen molar-refractivity contribution in [3.63, 3.8) is 0 Å². The summed E-state index contributed by atoms with van der Waals surface area (Å²) in [6.07, 6.45) is -2.29. The number of pyridine rings is 1. The van der Waals surface area contributed by atoms with E-state index in [4.69, 9.17) is 5.11 Å². The number of nitrogens with zero attached hydrogens (tertiary/aromatic N) is 1. The summed E-state index contributed by atoms with van der Waals surface area (Å²) in [4.78, 5) is 13.8. The van der Waals surface area contributed by atoms with E-state index in [0.717, 1.165) is 6.08 Å². The van der Waals surface area contributed by atoms with Gasteiger partial charge in [0.05, 0.1) is 5.56 Å². The van der Waals surface area contributed by atoms with Gasteiger partial charge in [0.15, 0.2) is 0 Å². The van der Waals surface area contributed by atoms with Gasteiger partial charge in [-0.25, -0.2) is 4.79 Å². The number of alkyl halides is 3. The minimum absolute atomic E-state index is 0.206. The van der Waals surface area contributed by atoms with Crippen LogP contribution in [0, 0.1) is 6.92 Å². The highest BCUT2D eigenvalue weighted by molar-refractivity contribution is 5.85. The number of hydrogen-bond donors (Lipinski definition) is 1. The van der Waals surface area contributed by atoms with E-state index >= 15 is 0 Å². The molecule has 6 heteroatoms. The zero-order valence-electron chi connectivity index (χ0n) is 8.25. The van der Waals surface area contributed by atoms with Crippen LogP contribution in [0.15, 0.2) is 18.3 Å². The van der Waals surface area contributed by atoms with Gasteiger partial charge in [-0.05, 0) is 24.6 Å². The van der Waals surface area contributed by atoms with Crippen LogP contribution in [0.25, 0.3) is 6.08 Å². The molecule has 3 nitrogen and oxygen atoms in total. The van der Waals surface area contributed by atoms with Crippen molar-refractivity contribution in [2.75, 3.05) is 0 Å². The number of hydrogen-bond acceptors (Lipinski definition) is 2. The predicted octanol–water partition coefficient (Wildman–Crippen LogP) is 2.51. The van der Waals surface area contributed by atoms with Crippen molar-refractivity contribution < 1.29 is 23.1 Å². The average Bonchev–Trinajstić information content (AvgIpc) is 2.12. The Morgan fingerprint density at radius 1 is 1.50 bits per heavy atom. The highest BCUT2D eigenvalue weighted by Gasteiger charge is 2.33. The Labute approximate surface area is 89.2 Å². The summed E-state index contributed by atoms with van der Waals surface area (Å²) in [7, 11) is 0. The van der Waals surface area contributed by atoms with Crippen LogP contribution < -0.4 is 0 Å². The van der Waals surface area contributed by atoms with E-state index in [1.165, 1.54) is 13.0 Å². The van der Waals surface area contributed by atoms with E-state index < -0.39 is 17.7 Å². The molecule has 0 aromatic carbocycles. The van der Waals surface area contributed by atoms with Gasteiger partial charge < -0.3 is 5.11 Å². The first-order chi connectivity index (χ1) is 7.30. The molecule has 0 spiro atoms. The van der Waals surface area contributed by atoms with Crippen LogP contribution in [0.1, 0.15) is 16.8 Å². The van der Waals surface area contributed by atoms with Crippen LogP contribution in [0.4, 0.5) is 13.2 Å². The molecule has 0 aliphatic carbocycles. The summed E-state index contributed by atoms with van der Waals surface area (Å²) < 4.78 is 37.4. The van der Waals surface area contributed by atoms with Crippen molar-refractivity contribution in [3.8, 4) is 0 Å². The Balaban J connectivity index is 3.24. The molecule has 0 radical (unpaired) electrons. The first-order valence-electron chi connectivity index (χ1n) is 4.25. The summed E-state index contributed by atoms with van der Waals surface area (Å²) in [5.74, 6) is -1.30. The third-order valence-corrected chi connectivity index (χ3v) is 1.78. The number of halogens is 3. The lowest BCUT2D eigenvalue weighted by molar-refractivity contribution is -0.138. The molecule has 0 bridgehead atoms. The molecule has 0 aliphatic rings. The number of aromatic nitrogens is 1. The lowest BCUT2D eigenvalue weighted by Crippen LogP contribution is -2.08. The first kappa shape index (κ1) is 12.2. The van der Waals surface area contributed by atoms with E-state index in [-0.39, 0.29) is 5.56 Å². The van der Waals surface area contributed by atoms with Crippen LogP contribution in [0.2, 0.25) is 0 Å². The third kappa shape index (κ3) is 3.08. The average molecular weight is 231 g/mol. The second kappa shape index (κ2) is 4.34. The van der Waals surface area contributed by atoms with E-state index in [9.17, 15) is 18.0 Å². The third-order valence-electron chi connectivity index (χ3n) is 1.78. The summed E-state index contributed by atoms with van der Waals surface area (Å²) in [6, 6.07) is 1.18. The van der Waals surface area contributed by atoms with Crippen molar-refractivity contribution in [1.29, 1.82) is 0 Å². The minimum atomic E-state index is -4.54. The largest absolute Gasteiger partial charge is 0.478 e. The maximum atomic E-state index is 12.5. The zero-order chi connectivity index (χ0) is 12.3. The lowest BCUT2D eigenvalue weighted by atomic mass is 10.1. The molecule has 0 saturated heterocycles. The Morgan fingerprint density at radius 3 is 2.62 bits per heavy atom. The van der Waals surface area contributed by atoms with E-state index in [0.29, 0.717) is 18.0 Å². The molecule has 0 saturated carbocycles. The first-order valence-corrected chi connectivity index (χ1v) is 4.25. The Kier molecular flexibility index (Phi) is 3.31. The van der Waals surface area contributed by atoms with E-state index in [1.807, 2.05) is 0 Å². The summed E-state index contributed by atoms with van der Waals surface area (Å²) in [5.41, 5.74) is -0.768. The van der Waals surface area contributed by atoms with Crippen LogP contribution in [-0.4, -0.2) is 16.1 Å². The van der Waals surface area contributed by atoms with Crippen molar-refractivity contribution in [2.24, 2.45) is 0 Å². The molecule has 0 unspecified atom stereocenters. The normalized spacial score (nSPS) is 12.0. The molecule has 0 atom stereocenters. The van der Waals surface area contributed by atoms with Gasteiger partial charge in [0, 0.05) is 18.0 Å². The van der Waals surface area contributed by atoms with Crippen molar-refractivity contribution >= 4 is 12.0 Å². The Hall–Kier alpha value is -1.85. The fraction of sp³-hybridized carbons (Fsp3) is 0.200. The molecule has 86 valence electrons. The number of carbonyl (C=O) groups is 1. The molecule has 1 aromatic rings. The molecule has 1 aromatic heterocycles. The fourth-order valence-corrected chi connectivity index (χ4v) is 1.12. The maximum Gasteiger partial charge on any atom is 0.418 e. The zero-order valence-corrected chi connectivity index (χ0v) is 8.25. The van der Waals surface area contributed by atoms with Crippen molar-refractivity contribution in [3.05, 3.63) is 35.2 Å². The molecular formula is C10H8F3NO2. The quantitative estimate of drug-likeness (QED) is 0.795. The molecule has 1 rings (SSSR count). The number of rotatable bonds is 2. The van der Waals surface area contributed by atoms with Gasteiger partial charge in [-0.3, -0.25) is 4.98 Å². The number of aliphatic carboxylic acids is 1. The van der Waals surface area contributed by atoms with Crippen molar-refractivity contribution in [2.45, 2.75) is 13.1 Å². The summed E-state index contributed by atoms with van der Waals surface area (Å²) >= 11 is 0. The Bertz CT molecular complexity index is 438. The molecule has 16 heavy (non-hydrogen) atoms. The van der Waals surface area contributed by atoms with Gasteiger partial charge in [0.25, 0.3) is 0 Å². The SMILES string of the molecule is Cc1cc(C=CC(=O)O)c(C(F)(F)F)cn1. The lowest BCUT2D eigenvalue weighted by Gasteiger charge is -2.09. The standard InChI is InChI=1S/C10H8F3NO2/c1-6-4-7(2-3-9(15)16)8(5-14-6)10(11,12)13/h2-5H,1H3,(H,15,16). The second-order valence-corrected chi connectivity index (χ2v) is 3.08. The number of carboxylic acids is 1. The van der Waals surface area contributed by atoms with Gasteiger partial charge in [-0.1, -0.05) is 0 Å². The highest BCUT2D eigenvalue weighted by atomic mass is 19.4. The Morgan fingerprint density at radius 2 is 2.12 bits per heavy atom. The van der Waals surface area contributed by atoms with Crippen molar-refractivity contribution in [1.82, 2.24) is 4.98 Å². The minimum Gasteiger partial charge on any atom is -0.478 e. The van der Waals surface area contributed by atoms with Gasteiger partial charge in [-0.2, -0.15) is 13.2 Å². The molecule has 1 N–H and O–H groups in total. The number of carboxylic acid groups (broad SMARTS) is 1. The smallest absolute Gasteiger partial charge is 0.418 e. The maximum absolute atomic E-state index is 12.5. The molecule has 0 aliphatic heterocycles. The highest BCUT2D eigenvalue weighted by Crippen LogP contribution is 2.32. The van der Waals surface area contributed by atoms with E-state index in [1.54, 1.807) is 0 Å². The van der Waals surface area contributed by atoms with E-state index in [2.05, 4.69) is 4.98 Å². The summed E-state index contributed by atoms with van der Waals surface area (Å²) in [6.45, 7) is 1.53. The van der Waals surface area contributed by atoms with Gasteiger partial charge in [-0.15, -0.1) is 0 Å². The van der Waals surface area contributed by atoms with Crippen LogP contribution >= 0.6 is 0 Å².